The fraction of sp³-hybridized carbons (Fsp3) is 0.312. The standard InChI is InChI=1S/C32H38N6O7/c1-32(2,3)45-31(40)35-15-4-16-38(23-9-10-23)30(39)22-17-26(43-24-11-5-20(6-12-24)28(33)36-41)19-27(18-22)44-25-13-7-21(8-14-25)29(34)37-42/h5-8,11-14,17-19,23,41-42H,4,9-10,15-16H2,1-3H3,(H2,33,36)(H2,34,37)(H,35,40). The Morgan fingerprint density at radius 2 is 1.31 bits per heavy atom. The molecule has 13 nitrogen and oxygen atoms in total. The van der Waals surface area contributed by atoms with Gasteiger partial charge in [0.1, 0.15) is 28.6 Å². The minimum atomic E-state index is -0.598. The van der Waals surface area contributed by atoms with E-state index in [2.05, 4.69) is 15.6 Å². The lowest BCUT2D eigenvalue weighted by molar-refractivity contribution is 0.0525. The Hall–Kier alpha value is -5.46. The summed E-state index contributed by atoms with van der Waals surface area (Å²) in [5, 5.41) is 26.6. The molecule has 0 saturated heterocycles. The number of benzene rings is 3. The molecule has 0 heterocycles. The zero-order valence-electron chi connectivity index (χ0n) is 25.4. The molecule has 0 aliphatic heterocycles. The van der Waals surface area contributed by atoms with Crippen molar-refractivity contribution in [2.75, 3.05) is 13.1 Å². The minimum absolute atomic E-state index is 0.0377. The van der Waals surface area contributed by atoms with Crippen LogP contribution in [0.15, 0.2) is 77.0 Å². The number of oxime groups is 2. The van der Waals surface area contributed by atoms with Gasteiger partial charge < -0.3 is 46.3 Å². The number of rotatable bonds is 12. The normalized spacial score (nSPS) is 13.6. The van der Waals surface area contributed by atoms with Gasteiger partial charge in [-0.05, 0) is 101 Å². The molecule has 3 aromatic rings. The van der Waals surface area contributed by atoms with Gasteiger partial charge in [-0.2, -0.15) is 0 Å². The highest BCUT2D eigenvalue weighted by atomic mass is 16.6. The van der Waals surface area contributed by atoms with Gasteiger partial charge in [0.05, 0.1) is 0 Å². The molecular weight excluding hydrogens is 580 g/mol. The van der Waals surface area contributed by atoms with E-state index in [0.29, 0.717) is 59.2 Å². The Labute approximate surface area is 261 Å². The van der Waals surface area contributed by atoms with Crippen LogP contribution in [0.1, 0.15) is 61.5 Å². The minimum Gasteiger partial charge on any atom is -0.457 e. The molecule has 1 aliphatic carbocycles. The van der Waals surface area contributed by atoms with Crippen LogP contribution in [0.2, 0.25) is 0 Å². The Morgan fingerprint density at radius 3 is 1.73 bits per heavy atom. The Morgan fingerprint density at radius 1 is 0.822 bits per heavy atom. The Kier molecular flexibility index (Phi) is 10.3. The lowest BCUT2D eigenvalue weighted by Gasteiger charge is -2.24. The van der Waals surface area contributed by atoms with Crippen LogP contribution in [0.25, 0.3) is 0 Å². The summed E-state index contributed by atoms with van der Waals surface area (Å²) in [6.45, 7) is 6.18. The van der Waals surface area contributed by atoms with Crippen molar-refractivity contribution in [3.05, 3.63) is 83.4 Å². The second kappa shape index (κ2) is 14.3. The molecule has 0 unspecified atom stereocenters. The first-order valence-corrected chi connectivity index (χ1v) is 14.4. The zero-order chi connectivity index (χ0) is 32.6. The van der Waals surface area contributed by atoms with E-state index in [1.807, 2.05) is 0 Å². The Bertz CT molecular complexity index is 1460. The number of carbonyl (C=O) groups excluding carboxylic acids is 2. The maximum absolute atomic E-state index is 13.9. The molecule has 1 aliphatic rings. The molecule has 1 saturated carbocycles. The van der Waals surface area contributed by atoms with Crippen LogP contribution in [0.4, 0.5) is 4.79 Å². The third-order valence-corrected chi connectivity index (χ3v) is 6.61. The van der Waals surface area contributed by atoms with E-state index in [1.165, 1.54) is 0 Å². The molecule has 0 bridgehead atoms. The van der Waals surface area contributed by atoms with E-state index < -0.39 is 11.7 Å². The van der Waals surface area contributed by atoms with Gasteiger partial charge in [0.25, 0.3) is 5.91 Å². The second-order valence-electron chi connectivity index (χ2n) is 11.4. The van der Waals surface area contributed by atoms with Gasteiger partial charge in [0.2, 0.25) is 0 Å². The smallest absolute Gasteiger partial charge is 0.407 e. The van der Waals surface area contributed by atoms with Crippen molar-refractivity contribution in [2.24, 2.45) is 21.8 Å². The molecule has 238 valence electrons. The second-order valence-corrected chi connectivity index (χ2v) is 11.4. The number of nitrogens with one attached hydrogen (secondary N) is 1. The van der Waals surface area contributed by atoms with Gasteiger partial charge in [-0.1, -0.05) is 10.3 Å². The molecule has 1 fully saturated rings. The van der Waals surface area contributed by atoms with Crippen molar-refractivity contribution in [1.29, 1.82) is 0 Å². The number of ether oxygens (including phenoxy) is 3. The van der Waals surface area contributed by atoms with E-state index in [1.54, 1.807) is 92.4 Å². The molecule has 7 N–H and O–H groups in total. The van der Waals surface area contributed by atoms with Crippen molar-refractivity contribution in [2.45, 2.75) is 51.7 Å². The molecule has 13 heteroatoms. The first kappa shape index (κ1) is 32.5. The molecule has 0 spiro atoms. The molecule has 4 rings (SSSR count). The zero-order valence-corrected chi connectivity index (χ0v) is 25.4. The highest BCUT2D eigenvalue weighted by molar-refractivity contribution is 5.98. The van der Waals surface area contributed by atoms with Crippen LogP contribution < -0.4 is 26.3 Å². The molecule has 0 aromatic heterocycles. The first-order valence-electron chi connectivity index (χ1n) is 14.4. The molecule has 0 radical (unpaired) electrons. The molecule has 45 heavy (non-hydrogen) atoms. The lowest BCUT2D eigenvalue weighted by atomic mass is 10.1. The monoisotopic (exact) mass is 618 g/mol. The summed E-state index contributed by atoms with van der Waals surface area (Å²) < 4.78 is 17.5. The largest absolute Gasteiger partial charge is 0.457 e. The summed E-state index contributed by atoms with van der Waals surface area (Å²) in [6, 6.07) is 18.2. The van der Waals surface area contributed by atoms with E-state index in [-0.39, 0.29) is 23.6 Å². The number of hydrogen-bond acceptors (Lipinski definition) is 9. The van der Waals surface area contributed by atoms with Crippen molar-refractivity contribution in [1.82, 2.24) is 10.2 Å². The predicted octanol–water partition coefficient (Wildman–Crippen LogP) is 4.98. The van der Waals surface area contributed by atoms with E-state index in [0.717, 1.165) is 12.8 Å². The number of amides is 2. The van der Waals surface area contributed by atoms with Crippen LogP contribution in [-0.2, 0) is 4.74 Å². The Balaban J connectivity index is 1.55. The molecule has 2 amide bonds. The first-order chi connectivity index (χ1) is 21.5. The predicted molar refractivity (Wildman–Crippen MR) is 167 cm³/mol. The van der Waals surface area contributed by atoms with Gasteiger partial charge in [-0.3, -0.25) is 4.79 Å². The molecular formula is C32H38N6O7. The van der Waals surface area contributed by atoms with Crippen LogP contribution in [0.5, 0.6) is 23.0 Å². The van der Waals surface area contributed by atoms with E-state index >= 15 is 0 Å². The number of carbonyl (C=O) groups is 2. The third kappa shape index (κ3) is 9.51. The quantitative estimate of drug-likeness (QED) is 0.0612. The summed E-state index contributed by atoms with van der Waals surface area (Å²) >= 11 is 0. The molecule has 0 atom stereocenters. The third-order valence-electron chi connectivity index (χ3n) is 6.61. The summed E-state index contributed by atoms with van der Waals surface area (Å²) in [5.41, 5.74) is 12.1. The van der Waals surface area contributed by atoms with Crippen molar-refractivity contribution in [3.63, 3.8) is 0 Å². The highest BCUT2D eigenvalue weighted by Crippen LogP contribution is 2.34. The molecule has 3 aromatic carbocycles. The summed E-state index contributed by atoms with van der Waals surface area (Å²) in [4.78, 5) is 27.7. The topological polar surface area (TPSA) is 194 Å². The van der Waals surface area contributed by atoms with Crippen molar-refractivity contribution < 1.29 is 34.2 Å². The van der Waals surface area contributed by atoms with Gasteiger partial charge in [-0.15, -0.1) is 0 Å². The van der Waals surface area contributed by atoms with Crippen molar-refractivity contribution >= 4 is 23.7 Å². The van der Waals surface area contributed by atoms with Crippen molar-refractivity contribution in [3.8, 4) is 23.0 Å². The fourth-order valence-corrected chi connectivity index (χ4v) is 4.34. The summed E-state index contributed by atoms with van der Waals surface area (Å²) in [7, 11) is 0. The van der Waals surface area contributed by atoms with Gasteiger partial charge >= 0.3 is 6.09 Å². The van der Waals surface area contributed by atoms with Crippen LogP contribution in [0, 0.1) is 0 Å². The van der Waals surface area contributed by atoms with E-state index in [9.17, 15) is 9.59 Å². The van der Waals surface area contributed by atoms with E-state index in [4.69, 9.17) is 36.1 Å². The van der Waals surface area contributed by atoms with Gasteiger partial charge in [0, 0.05) is 41.9 Å². The highest BCUT2D eigenvalue weighted by Gasteiger charge is 2.33. The number of alkyl carbamates (subject to hydrolysis) is 1. The SMILES string of the molecule is CC(C)(C)OC(=O)NCCCN(C(=O)c1cc(Oc2ccc(/C(N)=N/O)cc2)cc(Oc2ccc(/C(N)=N/O)cc2)c1)C1CC1. The van der Waals surface area contributed by atoms with Crippen LogP contribution in [0.3, 0.4) is 0 Å². The fourth-order valence-electron chi connectivity index (χ4n) is 4.34. The van der Waals surface area contributed by atoms with Crippen LogP contribution >= 0.6 is 0 Å². The van der Waals surface area contributed by atoms with Gasteiger partial charge in [-0.25, -0.2) is 4.79 Å². The van der Waals surface area contributed by atoms with Crippen LogP contribution in [-0.4, -0.2) is 63.7 Å². The average Bonchev–Trinajstić information content (AvgIpc) is 3.85. The summed E-state index contributed by atoms with van der Waals surface area (Å²) in [6.07, 6.45) is 1.83. The maximum atomic E-state index is 13.9. The number of amidine groups is 2. The maximum Gasteiger partial charge on any atom is 0.407 e. The number of hydrogen-bond donors (Lipinski definition) is 5. The summed E-state index contributed by atoms with van der Waals surface area (Å²) in [5.74, 6) is 1.33. The van der Waals surface area contributed by atoms with Gasteiger partial charge in [0.15, 0.2) is 11.7 Å². The number of nitrogens with zero attached hydrogens (tertiary/aromatic N) is 3. The lowest BCUT2D eigenvalue weighted by Crippen LogP contribution is -2.37. The average molecular weight is 619 g/mol. The number of nitrogens with two attached hydrogens (primary N) is 2.